The van der Waals surface area contributed by atoms with Crippen LogP contribution in [0.2, 0.25) is 0 Å². The summed E-state index contributed by atoms with van der Waals surface area (Å²) in [5.41, 5.74) is 0.907. The molecule has 3 aromatic rings. The van der Waals surface area contributed by atoms with Crippen molar-refractivity contribution in [3.8, 4) is 0 Å². The SMILES string of the molecule is Cn1ccnc(N2CCC[C@H](Nc3nc4cc(F)ccc4o3)C2)c1=O. The van der Waals surface area contributed by atoms with Gasteiger partial charge in [-0.05, 0) is 25.0 Å². The highest BCUT2D eigenvalue weighted by Crippen LogP contribution is 2.22. The third-order valence-corrected chi connectivity index (χ3v) is 4.40. The first-order valence-electron chi connectivity index (χ1n) is 8.19. The number of benzene rings is 1. The largest absolute Gasteiger partial charge is 0.424 e. The van der Waals surface area contributed by atoms with Crippen molar-refractivity contribution in [3.05, 3.63) is 46.8 Å². The zero-order valence-electron chi connectivity index (χ0n) is 13.8. The Morgan fingerprint density at radius 2 is 2.28 bits per heavy atom. The summed E-state index contributed by atoms with van der Waals surface area (Å²) in [6.07, 6.45) is 5.12. The van der Waals surface area contributed by atoms with Gasteiger partial charge in [-0.3, -0.25) is 4.79 Å². The molecule has 0 saturated carbocycles. The molecule has 0 bridgehead atoms. The lowest BCUT2D eigenvalue weighted by atomic mass is 10.1. The van der Waals surface area contributed by atoms with Gasteiger partial charge in [-0.2, -0.15) is 4.98 Å². The summed E-state index contributed by atoms with van der Waals surface area (Å²) in [7, 11) is 1.71. The second kappa shape index (κ2) is 6.19. The Morgan fingerprint density at radius 1 is 1.40 bits per heavy atom. The third-order valence-electron chi connectivity index (χ3n) is 4.40. The molecule has 0 spiro atoms. The molecular weight excluding hydrogens is 325 g/mol. The molecular formula is C17H18FN5O2. The van der Waals surface area contributed by atoms with Crippen molar-refractivity contribution in [1.82, 2.24) is 14.5 Å². The highest BCUT2D eigenvalue weighted by atomic mass is 19.1. The Bertz CT molecular complexity index is 967. The first kappa shape index (κ1) is 15.6. The molecule has 2 aromatic heterocycles. The van der Waals surface area contributed by atoms with Crippen LogP contribution < -0.4 is 15.8 Å². The van der Waals surface area contributed by atoms with E-state index in [2.05, 4.69) is 15.3 Å². The Hall–Kier alpha value is -2.90. The van der Waals surface area contributed by atoms with Crippen LogP contribution in [0.25, 0.3) is 11.1 Å². The summed E-state index contributed by atoms with van der Waals surface area (Å²) < 4.78 is 20.4. The quantitative estimate of drug-likeness (QED) is 0.785. The fraction of sp³-hybridized carbons (Fsp3) is 0.353. The molecule has 1 aromatic carbocycles. The van der Waals surface area contributed by atoms with E-state index in [1.54, 1.807) is 25.5 Å². The van der Waals surface area contributed by atoms with Crippen LogP contribution in [-0.4, -0.2) is 33.7 Å². The van der Waals surface area contributed by atoms with E-state index in [1.807, 2.05) is 4.90 Å². The molecule has 1 aliphatic rings. The molecule has 0 amide bonds. The summed E-state index contributed by atoms with van der Waals surface area (Å²) in [5, 5.41) is 3.25. The first-order chi connectivity index (χ1) is 12.1. The summed E-state index contributed by atoms with van der Waals surface area (Å²) >= 11 is 0. The Labute approximate surface area is 143 Å². The molecule has 4 rings (SSSR count). The van der Waals surface area contributed by atoms with Gasteiger partial charge in [0.25, 0.3) is 11.6 Å². The number of aromatic nitrogens is 3. The lowest BCUT2D eigenvalue weighted by molar-refractivity contribution is 0.504. The van der Waals surface area contributed by atoms with Crippen molar-refractivity contribution < 1.29 is 8.81 Å². The Balaban J connectivity index is 1.52. The molecule has 130 valence electrons. The van der Waals surface area contributed by atoms with Crippen LogP contribution in [0.4, 0.5) is 16.2 Å². The maximum atomic E-state index is 13.3. The van der Waals surface area contributed by atoms with Gasteiger partial charge in [0.1, 0.15) is 11.3 Å². The highest BCUT2D eigenvalue weighted by Gasteiger charge is 2.24. The molecule has 0 radical (unpaired) electrons. The Morgan fingerprint density at radius 3 is 3.16 bits per heavy atom. The molecule has 3 heterocycles. The van der Waals surface area contributed by atoms with Gasteiger partial charge in [0.05, 0.1) is 0 Å². The van der Waals surface area contributed by atoms with Crippen LogP contribution >= 0.6 is 0 Å². The number of nitrogens with zero attached hydrogens (tertiary/aromatic N) is 4. The van der Waals surface area contributed by atoms with Gasteiger partial charge in [-0.15, -0.1) is 0 Å². The van der Waals surface area contributed by atoms with Crippen molar-refractivity contribution in [2.75, 3.05) is 23.3 Å². The van der Waals surface area contributed by atoms with Gasteiger partial charge in [0, 0.05) is 44.6 Å². The van der Waals surface area contributed by atoms with Gasteiger partial charge >= 0.3 is 0 Å². The van der Waals surface area contributed by atoms with E-state index < -0.39 is 0 Å². The molecule has 1 atom stereocenters. The van der Waals surface area contributed by atoms with Gasteiger partial charge < -0.3 is 19.2 Å². The van der Waals surface area contributed by atoms with Crippen molar-refractivity contribution in [3.63, 3.8) is 0 Å². The second-order valence-corrected chi connectivity index (χ2v) is 6.23. The van der Waals surface area contributed by atoms with Crippen LogP contribution in [0.3, 0.4) is 0 Å². The minimum absolute atomic E-state index is 0.0679. The summed E-state index contributed by atoms with van der Waals surface area (Å²) in [5.74, 6) is 0.110. The average Bonchev–Trinajstić information content (AvgIpc) is 2.99. The van der Waals surface area contributed by atoms with Crippen LogP contribution in [-0.2, 0) is 7.05 Å². The van der Waals surface area contributed by atoms with Crippen molar-refractivity contribution in [2.24, 2.45) is 7.05 Å². The number of fused-ring (bicyclic) bond motifs is 1. The van der Waals surface area contributed by atoms with E-state index in [4.69, 9.17) is 4.42 Å². The van der Waals surface area contributed by atoms with E-state index in [1.165, 1.54) is 16.7 Å². The minimum atomic E-state index is -0.345. The van der Waals surface area contributed by atoms with Crippen LogP contribution in [0.5, 0.6) is 0 Å². The zero-order valence-corrected chi connectivity index (χ0v) is 13.8. The number of aryl methyl sites for hydroxylation is 1. The number of rotatable bonds is 3. The monoisotopic (exact) mass is 343 g/mol. The summed E-state index contributed by atoms with van der Waals surface area (Å²) in [6, 6.07) is 4.68. The first-order valence-corrected chi connectivity index (χ1v) is 8.19. The molecule has 0 unspecified atom stereocenters. The topological polar surface area (TPSA) is 76.2 Å². The average molecular weight is 343 g/mol. The maximum Gasteiger partial charge on any atom is 0.295 e. The predicted molar refractivity (Wildman–Crippen MR) is 92.3 cm³/mol. The molecule has 1 saturated heterocycles. The third kappa shape index (κ3) is 3.07. The van der Waals surface area contributed by atoms with E-state index in [0.717, 1.165) is 19.4 Å². The molecule has 0 aliphatic carbocycles. The fourth-order valence-corrected chi connectivity index (χ4v) is 3.13. The number of nitrogens with one attached hydrogen (secondary N) is 1. The van der Waals surface area contributed by atoms with Gasteiger partial charge in [0.2, 0.25) is 0 Å². The minimum Gasteiger partial charge on any atom is -0.424 e. The molecule has 8 heteroatoms. The van der Waals surface area contributed by atoms with Gasteiger partial charge in [-0.25, -0.2) is 9.37 Å². The number of halogens is 1. The number of oxazole rings is 1. The molecule has 25 heavy (non-hydrogen) atoms. The van der Waals surface area contributed by atoms with Crippen LogP contribution in [0.1, 0.15) is 12.8 Å². The zero-order chi connectivity index (χ0) is 17.4. The van der Waals surface area contributed by atoms with Crippen molar-refractivity contribution in [1.29, 1.82) is 0 Å². The molecule has 1 fully saturated rings. The molecule has 1 N–H and O–H groups in total. The number of anilines is 2. The van der Waals surface area contributed by atoms with E-state index in [0.29, 0.717) is 29.5 Å². The normalized spacial score (nSPS) is 17.8. The predicted octanol–water partition coefficient (Wildman–Crippen LogP) is 2.14. The lowest BCUT2D eigenvalue weighted by Crippen LogP contribution is -2.45. The highest BCUT2D eigenvalue weighted by molar-refractivity contribution is 5.74. The smallest absolute Gasteiger partial charge is 0.295 e. The standard InChI is InChI=1S/C17H18FN5O2/c1-22-8-6-19-15(16(22)24)23-7-2-3-12(10-23)20-17-21-13-9-11(18)4-5-14(13)25-17/h4-6,8-9,12H,2-3,7,10H2,1H3,(H,20,21)/t12-/m0/s1. The Kier molecular flexibility index (Phi) is 3.87. The molecule has 1 aliphatic heterocycles. The fourth-order valence-electron chi connectivity index (χ4n) is 3.13. The van der Waals surface area contributed by atoms with E-state index in [-0.39, 0.29) is 17.4 Å². The van der Waals surface area contributed by atoms with Gasteiger partial charge in [-0.1, -0.05) is 0 Å². The van der Waals surface area contributed by atoms with E-state index >= 15 is 0 Å². The van der Waals surface area contributed by atoms with E-state index in [9.17, 15) is 9.18 Å². The summed E-state index contributed by atoms with van der Waals surface area (Å²) in [4.78, 5) is 22.7. The second-order valence-electron chi connectivity index (χ2n) is 6.23. The number of hydrogen-bond acceptors (Lipinski definition) is 6. The van der Waals surface area contributed by atoms with Crippen molar-refractivity contribution in [2.45, 2.75) is 18.9 Å². The van der Waals surface area contributed by atoms with Crippen LogP contribution in [0.15, 0.2) is 39.8 Å². The summed E-state index contributed by atoms with van der Waals surface area (Å²) in [6.45, 7) is 1.41. The number of piperidine rings is 1. The molecule has 7 nitrogen and oxygen atoms in total. The lowest BCUT2D eigenvalue weighted by Gasteiger charge is -2.33. The van der Waals surface area contributed by atoms with Crippen molar-refractivity contribution >= 4 is 22.9 Å². The number of hydrogen-bond donors (Lipinski definition) is 1. The maximum absolute atomic E-state index is 13.3. The van der Waals surface area contributed by atoms with Gasteiger partial charge in [0.15, 0.2) is 11.4 Å². The van der Waals surface area contributed by atoms with Crippen LogP contribution in [0, 0.1) is 5.82 Å².